The Balaban J connectivity index is 9.45. The summed E-state index contributed by atoms with van der Waals surface area (Å²) in [5.41, 5.74) is 0. The average molecular weight is 990 g/mol. The first kappa shape index (κ1) is 41.5. The van der Waals surface area contributed by atoms with E-state index in [1.807, 2.05) is 0 Å². The van der Waals surface area contributed by atoms with Crippen molar-refractivity contribution in [3.05, 3.63) is 0 Å². The average Bonchev–Trinajstić information content (AvgIpc) is 2.81. The summed E-state index contributed by atoms with van der Waals surface area (Å²) >= 11 is -4.18. The third-order valence-corrected chi connectivity index (χ3v) is 366. The minimum atomic E-state index is -8.15. The molecule has 0 amide bonds. The normalized spacial score (nSPS) is 18.5. The van der Waals surface area contributed by atoms with Gasteiger partial charge in [-0.3, -0.25) is 0 Å². The van der Waals surface area contributed by atoms with Crippen LogP contribution in [0, 0.1) is 0 Å². The molecule has 0 spiro atoms. The van der Waals surface area contributed by atoms with Gasteiger partial charge in [-0.25, -0.2) is 0 Å². The zero-order valence-corrected chi connectivity index (χ0v) is 36.9. The van der Waals surface area contributed by atoms with Gasteiger partial charge in [0.1, 0.15) is 0 Å². The second-order valence-corrected chi connectivity index (χ2v) is 166. The van der Waals surface area contributed by atoms with E-state index in [0.29, 0.717) is 0 Å². The molecule has 0 aliphatic rings. The first-order valence-corrected chi connectivity index (χ1v) is 60.5. The molecular weight excluding hydrogens is 930 g/mol. The first-order valence-electron chi connectivity index (χ1n) is 14.8. The molecule has 240 valence electrons. The molecule has 12 nitrogen and oxygen atoms in total. The summed E-state index contributed by atoms with van der Waals surface area (Å²) in [6, 6.07) is 0. The summed E-state index contributed by atoms with van der Waals surface area (Å²) in [4.78, 5) is 0. The van der Waals surface area contributed by atoms with Crippen LogP contribution in [0.4, 0.5) is 0 Å². The Morgan fingerprint density at radius 2 is 0.359 bits per heavy atom. The second-order valence-electron chi connectivity index (χ2n) is 8.94. The van der Waals surface area contributed by atoms with Crippen LogP contribution in [-0.4, -0.2) is 110 Å². The van der Waals surface area contributed by atoms with Gasteiger partial charge in [0.05, 0.1) is 0 Å². The number of hydrogen-bond acceptors (Lipinski definition) is 12. The number of hydrogen-bond donors (Lipinski definition) is 0. The fourth-order valence-corrected chi connectivity index (χ4v) is 619. The van der Waals surface area contributed by atoms with Gasteiger partial charge in [0.2, 0.25) is 0 Å². The molecule has 15 heteroatoms. The van der Waals surface area contributed by atoms with Crippen LogP contribution >= 0.6 is 0 Å². The second kappa shape index (κ2) is 13.1. The summed E-state index contributed by atoms with van der Waals surface area (Å²) < 4.78 is 83.4. The molecule has 0 atom stereocenters. The molecule has 0 aromatic carbocycles. The zero-order chi connectivity index (χ0) is 30.4. The van der Waals surface area contributed by atoms with Gasteiger partial charge < -0.3 is 0 Å². The standard InChI is InChI=1S/12C2H5O.Sr.2Ta/c12*1-2-3;;;/h12*2H2,1H3;;;/q12*-1;;2*+6. The van der Waals surface area contributed by atoms with Crippen LogP contribution in [0.25, 0.3) is 0 Å². The maximum atomic E-state index is 6.95. The maximum absolute atomic E-state index is 8.15. The van der Waals surface area contributed by atoms with Gasteiger partial charge in [-0.2, -0.15) is 0 Å². The van der Waals surface area contributed by atoms with E-state index in [9.17, 15) is 0 Å². The molecule has 0 radical (unpaired) electrons. The third kappa shape index (κ3) is 6.18. The van der Waals surface area contributed by atoms with Crippen LogP contribution in [0.2, 0.25) is 0 Å². The van der Waals surface area contributed by atoms with Crippen molar-refractivity contribution in [2.75, 3.05) is 79.3 Å². The Morgan fingerprint density at radius 1 is 0.256 bits per heavy atom. The van der Waals surface area contributed by atoms with E-state index >= 15 is 0 Å². The molecule has 0 saturated heterocycles. The van der Waals surface area contributed by atoms with Crippen molar-refractivity contribution in [3.8, 4) is 0 Å². The molecule has 0 aliphatic carbocycles. The third-order valence-electron chi connectivity index (χ3n) is 6.50. The SMILES string of the molecule is CC[O][Ta]([O]CC)([O]CC)([O]CC)([O]CC)([O]CC)[Sr][Ta]([O]CC)([O]CC)([O]CC)([O]CC)([O]CC)[O]CC. The first-order chi connectivity index (χ1) is 18.2. The van der Waals surface area contributed by atoms with Gasteiger partial charge in [0, 0.05) is 0 Å². The molecule has 0 unspecified atom stereocenters. The van der Waals surface area contributed by atoms with E-state index < -0.39 is 43.1 Å². The van der Waals surface area contributed by atoms with Gasteiger partial charge in [-0.05, 0) is 0 Å². The Bertz CT molecular complexity index is 588. The topological polar surface area (TPSA) is 111 Å². The Hall–Kier alpha value is 2.48. The van der Waals surface area contributed by atoms with Gasteiger partial charge >= 0.3 is 244 Å². The molecule has 39 heavy (non-hydrogen) atoms. The van der Waals surface area contributed by atoms with Crippen LogP contribution in [0.15, 0.2) is 0 Å². The van der Waals surface area contributed by atoms with Gasteiger partial charge in [-0.1, -0.05) is 0 Å². The Kier molecular flexibility index (Phi) is 13.9. The van der Waals surface area contributed by atoms with E-state index in [0.717, 1.165) is 0 Å². The molecule has 0 heterocycles. The van der Waals surface area contributed by atoms with E-state index in [2.05, 4.69) is 0 Å². The molecule has 0 rings (SSSR count). The Morgan fingerprint density at radius 3 is 0.436 bits per heavy atom. The molecule has 0 N–H and O–H groups in total. The van der Waals surface area contributed by atoms with Gasteiger partial charge in [-0.15, -0.1) is 0 Å². The van der Waals surface area contributed by atoms with Gasteiger partial charge in [0.15, 0.2) is 0 Å². The fraction of sp³-hybridized carbons (Fsp3) is 1.00. The van der Waals surface area contributed by atoms with Crippen LogP contribution < -0.4 is 0 Å². The van der Waals surface area contributed by atoms with Crippen molar-refractivity contribution in [1.82, 2.24) is 0 Å². The van der Waals surface area contributed by atoms with Gasteiger partial charge in [0.25, 0.3) is 0 Å². The van der Waals surface area contributed by atoms with E-state index in [1.54, 1.807) is 83.1 Å². The monoisotopic (exact) mass is 990 g/mol. The van der Waals surface area contributed by atoms with Crippen LogP contribution in [-0.2, 0) is 51.4 Å². The van der Waals surface area contributed by atoms with Crippen molar-refractivity contribution < 1.29 is 51.4 Å². The quantitative estimate of drug-likeness (QED) is 0.103. The predicted molar refractivity (Wildman–Crippen MR) is 145 cm³/mol. The van der Waals surface area contributed by atoms with Crippen LogP contribution in [0.1, 0.15) is 83.1 Å². The Labute approximate surface area is 241 Å². The molecule has 0 saturated carbocycles. The molecular formula is C24H60O12SrTa2. The molecule has 0 bridgehead atoms. The van der Waals surface area contributed by atoms with Crippen LogP contribution in [0.5, 0.6) is 0 Å². The van der Waals surface area contributed by atoms with Crippen molar-refractivity contribution >= 4 is 30.6 Å². The van der Waals surface area contributed by atoms with Crippen molar-refractivity contribution in [2.24, 2.45) is 0 Å². The molecule has 0 aromatic rings. The summed E-state index contributed by atoms with van der Waals surface area (Å²) in [6.07, 6.45) is -16.3. The van der Waals surface area contributed by atoms with Crippen molar-refractivity contribution in [2.45, 2.75) is 83.1 Å². The molecule has 0 aliphatic heterocycles. The summed E-state index contributed by atoms with van der Waals surface area (Å²) in [5.74, 6) is 0. The number of rotatable bonds is 26. The van der Waals surface area contributed by atoms with E-state index in [-0.39, 0.29) is 79.3 Å². The van der Waals surface area contributed by atoms with Crippen molar-refractivity contribution in [1.29, 1.82) is 0 Å². The summed E-state index contributed by atoms with van der Waals surface area (Å²) in [7, 11) is 0. The zero-order valence-electron chi connectivity index (χ0n) is 27.0. The summed E-state index contributed by atoms with van der Waals surface area (Å²) in [5, 5.41) is 0. The fourth-order valence-electron chi connectivity index (χ4n) is 6.71. The molecule has 0 aromatic heterocycles. The van der Waals surface area contributed by atoms with Crippen molar-refractivity contribution in [3.63, 3.8) is 0 Å². The summed E-state index contributed by atoms with van der Waals surface area (Å²) in [6.45, 7) is 22.2. The van der Waals surface area contributed by atoms with E-state index in [1.165, 1.54) is 0 Å². The van der Waals surface area contributed by atoms with E-state index in [4.69, 9.17) is 38.9 Å². The molecule has 0 fully saturated rings. The van der Waals surface area contributed by atoms with Crippen LogP contribution in [0.3, 0.4) is 0 Å². The minimum absolute atomic E-state index is 0.0459. The predicted octanol–water partition coefficient (Wildman–Crippen LogP) is 5.46.